The molecule has 0 fully saturated rings. The summed E-state index contributed by atoms with van der Waals surface area (Å²) in [5.74, 6) is 0.523. The van der Waals surface area contributed by atoms with Crippen molar-refractivity contribution in [2.45, 2.75) is 12.3 Å². The van der Waals surface area contributed by atoms with Crippen LogP contribution in [-0.4, -0.2) is 0 Å². The molecule has 0 aliphatic carbocycles. The average Bonchev–Trinajstić information content (AvgIpc) is 2.28. The van der Waals surface area contributed by atoms with Crippen molar-refractivity contribution in [1.29, 1.82) is 5.26 Å². The van der Waals surface area contributed by atoms with Gasteiger partial charge >= 0.3 is 0 Å². The Labute approximate surface area is 93.9 Å². The highest BCUT2D eigenvalue weighted by molar-refractivity contribution is 6.18. The van der Waals surface area contributed by atoms with Gasteiger partial charge in [0.25, 0.3) is 0 Å². The van der Waals surface area contributed by atoms with E-state index in [0.717, 1.165) is 16.5 Å². The second kappa shape index (κ2) is 4.33. The van der Waals surface area contributed by atoms with Crippen LogP contribution in [0.4, 0.5) is 0 Å². The zero-order chi connectivity index (χ0) is 10.7. The van der Waals surface area contributed by atoms with Gasteiger partial charge in [-0.2, -0.15) is 5.26 Å². The van der Waals surface area contributed by atoms with Gasteiger partial charge in [0.1, 0.15) is 0 Å². The van der Waals surface area contributed by atoms with Crippen molar-refractivity contribution in [1.82, 2.24) is 0 Å². The van der Waals surface area contributed by atoms with Gasteiger partial charge in [-0.05, 0) is 21.9 Å². The molecule has 74 valence electrons. The smallest absolute Gasteiger partial charge is 0.0669 e. The molecule has 0 saturated heterocycles. The summed E-state index contributed by atoms with van der Waals surface area (Å²) in [7, 11) is 0. The molecule has 0 unspecified atom stereocenters. The standard InChI is InChI=1S/C13H10ClN/c14-9-12-3-1-2-11-8-10(6-7-15)4-5-13(11)12/h1-5,8H,6,9H2. The van der Waals surface area contributed by atoms with Gasteiger partial charge < -0.3 is 0 Å². The number of nitrogens with zero attached hydrogens (tertiary/aromatic N) is 1. The van der Waals surface area contributed by atoms with Crippen molar-refractivity contribution in [3.8, 4) is 6.07 Å². The van der Waals surface area contributed by atoms with E-state index in [2.05, 4.69) is 12.1 Å². The van der Waals surface area contributed by atoms with Crippen LogP contribution in [-0.2, 0) is 12.3 Å². The molecule has 2 heteroatoms. The summed E-state index contributed by atoms with van der Waals surface area (Å²) in [5.41, 5.74) is 2.19. The zero-order valence-corrected chi connectivity index (χ0v) is 8.96. The van der Waals surface area contributed by atoms with Gasteiger partial charge in [0, 0.05) is 5.88 Å². The number of alkyl halides is 1. The first-order chi connectivity index (χ1) is 7.35. The lowest BCUT2D eigenvalue weighted by Gasteiger charge is -2.04. The maximum atomic E-state index is 8.62. The van der Waals surface area contributed by atoms with E-state index >= 15 is 0 Å². The van der Waals surface area contributed by atoms with Crippen LogP contribution in [0.15, 0.2) is 36.4 Å². The Bertz CT molecular complexity index is 526. The third-order valence-electron chi connectivity index (χ3n) is 2.46. The summed E-state index contributed by atoms with van der Waals surface area (Å²) in [4.78, 5) is 0. The highest BCUT2D eigenvalue weighted by Crippen LogP contribution is 2.21. The maximum Gasteiger partial charge on any atom is 0.0669 e. The van der Waals surface area contributed by atoms with Crippen LogP contribution in [0.2, 0.25) is 0 Å². The molecular weight excluding hydrogens is 206 g/mol. The van der Waals surface area contributed by atoms with Gasteiger partial charge in [-0.15, -0.1) is 11.6 Å². The van der Waals surface area contributed by atoms with E-state index in [1.807, 2.05) is 30.3 Å². The fourth-order valence-electron chi connectivity index (χ4n) is 1.72. The predicted octanol–water partition coefficient (Wildman–Crippen LogP) is 3.64. The fourth-order valence-corrected chi connectivity index (χ4v) is 1.95. The predicted molar refractivity (Wildman–Crippen MR) is 62.8 cm³/mol. The summed E-state index contributed by atoms with van der Waals surface area (Å²) in [6, 6.07) is 14.3. The first kappa shape index (κ1) is 10.0. The molecule has 15 heavy (non-hydrogen) atoms. The molecule has 0 N–H and O–H groups in total. The summed E-state index contributed by atoms with van der Waals surface area (Å²) in [6.07, 6.45) is 0.459. The van der Waals surface area contributed by atoms with Crippen LogP contribution in [0.1, 0.15) is 11.1 Å². The largest absolute Gasteiger partial charge is 0.198 e. The molecule has 0 amide bonds. The molecule has 0 saturated carbocycles. The average molecular weight is 216 g/mol. The number of fused-ring (bicyclic) bond motifs is 1. The van der Waals surface area contributed by atoms with E-state index in [4.69, 9.17) is 16.9 Å². The molecule has 0 bridgehead atoms. The lowest BCUT2D eigenvalue weighted by Crippen LogP contribution is -1.85. The molecule has 0 aliphatic heterocycles. The molecule has 0 aromatic heterocycles. The van der Waals surface area contributed by atoms with E-state index in [-0.39, 0.29) is 0 Å². The highest BCUT2D eigenvalue weighted by atomic mass is 35.5. The second-order valence-electron chi connectivity index (χ2n) is 3.44. The van der Waals surface area contributed by atoms with Crippen LogP contribution >= 0.6 is 11.6 Å². The summed E-state index contributed by atoms with van der Waals surface area (Å²) < 4.78 is 0. The Morgan fingerprint density at radius 3 is 2.80 bits per heavy atom. The number of nitriles is 1. The van der Waals surface area contributed by atoms with Crippen LogP contribution in [0.5, 0.6) is 0 Å². The quantitative estimate of drug-likeness (QED) is 0.702. The molecule has 0 aliphatic rings. The fraction of sp³-hybridized carbons (Fsp3) is 0.154. The molecule has 0 heterocycles. The monoisotopic (exact) mass is 215 g/mol. The summed E-state index contributed by atoms with van der Waals surface area (Å²) in [6.45, 7) is 0. The molecule has 1 nitrogen and oxygen atoms in total. The minimum atomic E-state index is 0.459. The van der Waals surface area contributed by atoms with E-state index in [9.17, 15) is 0 Å². The number of hydrogen-bond acceptors (Lipinski definition) is 1. The Hall–Kier alpha value is -1.52. The molecule has 2 aromatic rings. The minimum Gasteiger partial charge on any atom is -0.198 e. The number of rotatable bonds is 2. The molecular formula is C13H10ClN. The highest BCUT2D eigenvalue weighted by Gasteiger charge is 2.00. The first-order valence-electron chi connectivity index (χ1n) is 4.78. The van der Waals surface area contributed by atoms with E-state index in [1.165, 1.54) is 5.39 Å². The van der Waals surface area contributed by atoms with E-state index in [0.29, 0.717) is 12.3 Å². The van der Waals surface area contributed by atoms with Crippen LogP contribution in [0, 0.1) is 11.3 Å². The lowest BCUT2D eigenvalue weighted by molar-refractivity contribution is 1.27. The maximum absolute atomic E-state index is 8.62. The van der Waals surface area contributed by atoms with Crippen LogP contribution in [0.25, 0.3) is 10.8 Å². The van der Waals surface area contributed by atoms with Gasteiger partial charge in [0.2, 0.25) is 0 Å². The van der Waals surface area contributed by atoms with Crippen molar-refractivity contribution >= 4 is 22.4 Å². The molecule has 0 spiro atoms. The van der Waals surface area contributed by atoms with Crippen molar-refractivity contribution in [3.05, 3.63) is 47.5 Å². The Kier molecular flexibility index (Phi) is 2.89. The van der Waals surface area contributed by atoms with Gasteiger partial charge in [0.15, 0.2) is 0 Å². The van der Waals surface area contributed by atoms with Gasteiger partial charge in [-0.3, -0.25) is 0 Å². The van der Waals surface area contributed by atoms with E-state index in [1.54, 1.807) is 0 Å². The van der Waals surface area contributed by atoms with Crippen molar-refractivity contribution < 1.29 is 0 Å². The van der Waals surface area contributed by atoms with Gasteiger partial charge in [0.05, 0.1) is 12.5 Å². The lowest BCUT2D eigenvalue weighted by atomic mass is 10.0. The molecule has 0 radical (unpaired) electrons. The minimum absolute atomic E-state index is 0.459. The van der Waals surface area contributed by atoms with E-state index < -0.39 is 0 Å². The van der Waals surface area contributed by atoms with Crippen LogP contribution in [0.3, 0.4) is 0 Å². The Balaban J connectivity index is 2.59. The second-order valence-corrected chi connectivity index (χ2v) is 3.71. The third kappa shape index (κ3) is 1.95. The third-order valence-corrected chi connectivity index (χ3v) is 2.75. The summed E-state index contributed by atoms with van der Waals surface area (Å²) >= 11 is 5.85. The Morgan fingerprint density at radius 2 is 2.07 bits per heavy atom. The van der Waals surface area contributed by atoms with Crippen molar-refractivity contribution in [2.24, 2.45) is 0 Å². The molecule has 2 rings (SSSR count). The zero-order valence-electron chi connectivity index (χ0n) is 8.20. The topological polar surface area (TPSA) is 23.8 Å². The normalized spacial score (nSPS) is 10.1. The van der Waals surface area contributed by atoms with Crippen molar-refractivity contribution in [2.75, 3.05) is 0 Å². The summed E-state index contributed by atoms with van der Waals surface area (Å²) in [5, 5.41) is 11.0. The first-order valence-corrected chi connectivity index (χ1v) is 5.32. The van der Waals surface area contributed by atoms with Gasteiger partial charge in [-0.1, -0.05) is 36.4 Å². The SMILES string of the molecule is N#CCc1ccc2c(CCl)cccc2c1. The molecule has 2 aromatic carbocycles. The van der Waals surface area contributed by atoms with Crippen LogP contribution < -0.4 is 0 Å². The molecule has 0 atom stereocenters. The Morgan fingerprint density at radius 1 is 1.20 bits per heavy atom. The number of benzene rings is 2. The van der Waals surface area contributed by atoms with Gasteiger partial charge in [-0.25, -0.2) is 0 Å². The number of hydrogen-bond donors (Lipinski definition) is 0. The number of halogens is 1. The van der Waals surface area contributed by atoms with Crippen molar-refractivity contribution in [3.63, 3.8) is 0 Å².